The summed E-state index contributed by atoms with van der Waals surface area (Å²) >= 11 is 0. The summed E-state index contributed by atoms with van der Waals surface area (Å²) in [4.78, 5) is 13.7. The van der Waals surface area contributed by atoms with Gasteiger partial charge in [-0.3, -0.25) is 0 Å². The third kappa shape index (κ3) is 2.59. The molecule has 2 fully saturated rings. The number of rotatable bonds is 4. The molecule has 0 aromatic heterocycles. The highest BCUT2D eigenvalue weighted by Gasteiger charge is 2.56. The van der Waals surface area contributed by atoms with Gasteiger partial charge in [-0.25, -0.2) is 4.79 Å². The van der Waals surface area contributed by atoms with Gasteiger partial charge in [0.1, 0.15) is 6.61 Å². The molecule has 4 nitrogen and oxygen atoms in total. The summed E-state index contributed by atoms with van der Waals surface area (Å²) in [7, 11) is 0. The minimum absolute atomic E-state index is 0.209. The first-order valence-electron chi connectivity index (χ1n) is 6.86. The molecule has 1 aliphatic carbocycles. The van der Waals surface area contributed by atoms with Crippen LogP contribution < -0.4 is 0 Å². The van der Waals surface area contributed by atoms with Gasteiger partial charge in [0, 0.05) is 19.7 Å². The molecule has 1 aromatic rings. The minimum atomic E-state index is -0.209. The summed E-state index contributed by atoms with van der Waals surface area (Å²) in [5.41, 5.74) is 1.01. The molecule has 1 saturated heterocycles. The van der Waals surface area contributed by atoms with E-state index in [-0.39, 0.29) is 12.7 Å². The molecule has 3 atom stereocenters. The molecule has 3 rings (SSSR count). The maximum Gasteiger partial charge on any atom is 0.410 e. The molecule has 1 aromatic carbocycles. The third-order valence-corrected chi connectivity index (χ3v) is 4.30. The summed E-state index contributed by atoms with van der Waals surface area (Å²) in [6.45, 7) is 2.19. The van der Waals surface area contributed by atoms with Gasteiger partial charge in [-0.1, -0.05) is 30.3 Å². The third-order valence-electron chi connectivity index (χ3n) is 4.30. The van der Waals surface area contributed by atoms with Crippen LogP contribution in [0.2, 0.25) is 0 Å². The number of nitrogens with zero attached hydrogens (tertiary/aromatic N) is 1. The number of carbonyl (C=O) groups excluding carboxylic acids is 1. The minimum Gasteiger partial charge on any atom is -0.445 e. The highest BCUT2D eigenvalue weighted by molar-refractivity contribution is 5.68. The summed E-state index contributed by atoms with van der Waals surface area (Å²) in [5.74, 6) is 1.82. The average Bonchev–Trinajstić information content (AvgIpc) is 2.89. The normalized spacial score (nSPS) is 28.1. The summed E-state index contributed by atoms with van der Waals surface area (Å²) in [6, 6.07) is 9.72. The molecule has 1 heterocycles. The van der Waals surface area contributed by atoms with Crippen LogP contribution in [0.4, 0.5) is 4.79 Å². The van der Waals surface area contributed by atoms with Crippen molar-refractivity contribution in [3.05, 3.63) is 35.9 Å². The van der Waals surface area contributed by atoms with Crippen LogP contribution in [-0.2, 0) is 11.3 Å². The molecule has 0 radical (unpaired) electrons. The molecule has 2 aliphatic rings. The van der Waals surface area contributed by atoms with Crippen LogP contribution in [0.15, 0.2) is 30.3 Å². The first-order valence-corrected chi connectivity index (χ1v) is 6.86. The number of piperidine rings is 1. The quantitative estimate of drug-likeness (QED) is 0.900. The number of amides is 1. The Morgan fingerprint density at radius 2 is 1.95 bits per heavy atom. The molecule has 1 saturated carbocycles. The number of carbonyl (C=O) groups is 1. The number of benzene rings is 1. The van der Waals surface area contributed by atoms with E-state index in [2.05, 4.69) is 0 Å². The fourth-order valence-corrected chi connectivity index (χ4v) is 3.19. The van der Waals surface area contributed by atoms with Gasteiger partial charge in [-0.2, -0.15) is 0 Å². The number of aliphatic hydroxyl groups excluding tert-OH is 1. The van der Waals surface area contributed by atoms with Gasteiger partial charge >= 0.3 is 6.09 Å². The van der Waals surface area contributed by atoms with Crippen LogP contribution in [0.25, 0.3) is 0 Å². The topological polar surface area (TPSA) is 49.8 Å². The molecule has 1 aliphatic heterocycles. The van der Waals surface area contributed by atoms with Gasteiger partial charge in [0.15, 0.2) is 0 Å². The predicted octanol–water partition coefficient (Wildman–Crippen LogP) is 1.88. The summed E-state index contributed by atoms with van der Waals surface area (Å²) < 4.78 is 5.31. The van der Waals surface area contributed by atoms with Crippen molar-refractivity contribution in [3.8, 4) is 0 Å². The van der Waals surface area contributed by atoms with Crippen molar-refractivity contribution in [1.29, 1.82) is 0 Å². The molecule has 0 bridgehead atoms. The Morgan fingerprint density at radius 1 is 1.26 bits per heavy atom. The Bertz CT molecular complexity index is 436. The average molecular weight is 261 g/mol. The molecule has 0 spiro atoms. The fraction of sp³-hybridized carbons (Fsp3) is 0.533. The zero-order valence-electron chi connectivity index (χ0n) is 10.9. The Hall–Kier alpha value is -1.55. The van der Waals surface area contributed by atoms with E-state index in [1.165, 1.54) is 0 Å². The molecule has 4 heteroatoms. The maximum atomic E-state index is 11.9. The van der Waals surface area contributed by atoms with Crippen LogP contribution in [0.3, 0.4) is 0 Å². The van der Waals surface area contributed by atoms with E-state index in [9.17, 15) is 4.79 Å². The van der Waals surface area contributed by atoms with E-state index in [1.807, 2.05) is 30.3 Å². The van der Waals surface area contributed by atoms with Crippen LogP contribution in [0.1, 0.15) is 12.0 Å². The van der Waals surface area contributed by atoms with Gasteiger partial charge in [0.25, 0.3) is 0 Å². The van der Waals surface area contributed by atoms with Crippen LogP contribution in [0, 0.1) is 17.8 Å². The van der Waals surface area contributed by atoms with Crippen molar-refractivity contribution in [2.45, 2.75) is 13.0 Å². The van der Waals surface area contributed by atoms with E-state index in [0.717, 1.165) is 25.1 Å². The lowest BCUT2D eigenvalue weighted by atomic mass is 10.2. The first-order chi connectivity index (χ1) is 9.29. The predicted molar refractivity (Wildman–Crippen MR) is 70.4 cm³/mol. The Balaban J connectivity index is 1.44. The van der Waals surface area contributed by atoms with Crippen molar-refractivity contribution < 1.29 is 14.6 Å². The molecule has 102 valence electrons. The molecule has 0 unspecified atom stereocenters. The van der Waals surface area contributed by atoms with Crippen LogP contribution in [0.5, 0.6) is 0 Å². The number of hydrogen-bond acceptors (Lipinski definition) is 3. The SMILES string of the molecule is O=C(OCc1ccccc1)N1C[C@@H]2[C@@H](CCO)[C@@H]2C1. The monoisotopic (exact) mass is 261 g/mol. The molecular weight excluding hydrogens is 242 g/mol. The van der Waals surface area contributed by atoms with Crippen molar-refractivity contribution in [2.24, 2.45) is 17.8 Å². The molecule has 1 amide bonds. The Labute approximate surface area is 113 Å². The van der Waals surface area contributed by atoms with Crippen LogP contribution in [-0.4, -0.2) is 35.8 Å². The Morgan fingerprint density at radius 3 is 2.58 bits per heavy atom. The van der Waals surface area contributed by atoms with E-state index < -0.39 is 0 Å². The zero-order valence-corrected chi connectivity index (χ0v) is 10.9. The van der Waals surface area contributed by atoms with Crippen LogP contribution >= 0.6 is 0 Å². The van der Waals surface area contributed by atoms with Crippen molar-refractivity contribution in [3.63, 3.8) is 0 Å². The van der Waals surface area contributed by atoms with Gasteiger partial charge < -0.3 is 14.7 Å². The number of ether oxygens (including phenoxy) is 1. The second kappa shape index (κ2) is 5.21. The smallest absolute Gasteiger partial charge is 0.410 e. The van der Waals surface area contributed by atoms with Crippen molar-refractivity contribution in [1.82, 2.24) is 4.90 Å². The second-order valence-corrected chi connectivity index (χ2v) is 5.45. The van der Waals surface area contributed by atoms with E-state index in [1.54, 1.807) is 4.90 Å². The van der Waals surface area contributed by atoms with Gasteiger partial charge in [-0.15, -0.1) is 0 Å². The zero-order chi connectivity index (χ0) is 13.2. The lowest BCUT2D eigenvalue weighted by Gasteiger charge is -2.19. The van der Waals surface area contributed by atoms with Crippen molar-refractivity contribution >= 4 is 6.09 Å². The van der Waals surface area contributed by atoms with Gasteiger partial charge in [0.05, 0.1) is 0 Å². The number of hydrogen-bond donors (Lipinski definition) is 1. The van der Waals surface area contributed by atoms with Crippen molar-refractivity contribution in [2.75, 3.05) is 19.7 Å². The highest BCUT2D eigenvalue weighted by atomic mass is 16.6. The van der Waals surface area contributed by atoms with E-state index >= 15 is 0 Å². The lowest BCUT2D eigenvalue weighted by Crippen LogP contribution is -2.32. The highest BCUT2D eigenvalue weighted by Crippen LogP contribution is 2.53. The summed E-state index contributed by atoms with van der Waals surface area (Å²) in [6.07, 6.45) is 0.668. The Kier molecular flexibility index (Phi) is 3.42. The summed E-state index contributed by atoms with van der Waals surface area (Å²) in [5, 5.41) is 8.91. The maximum absolute atomic E-state index is 11.9. The number of aliphatic hydroxyl groups is 1. The second-order valence-electron chi connectivity index (χ2n) is 5.45. The number of fused-ring (bicyclic) bond motifs is 1. The molecular formula is C15H19NO3. The van der Waals surface area contributed by atoms with Gasteiger partial charge in [-0.05, 0) is 29.7 Å². The van der Waals surface area contributed by atoms with E-state index in [4.69, 9.17) is 9.84 Å². The largest absolute Gasteiger partial charge is 0.445 e. The lowest BCUT2D eigenvalue weighted by molar-refractivity contribution is 0.0980. The standard InChI is InChI=1S/C15H19NO3/c17-7-6-12-13-8-16(9-14(12)13)15(18)19-10-11-4-2-1-3-5-11/h1-5,12-14,17H,6-10H2/t12-,13-,14+. The first kappa shape index (κ1) is 12.5. The fourth-order valence-electron chi connectivity index (χ4n) is 3.19. The van der Waals surface area contributed by atoms with Gasteiger partial charge in [0.2, 0.25) is 0 Å². The molecule has 1 N–H and O–H groups in total. The van der Waals surface area contributed by atoms with E-state index in [0.29, 0.717) is 24.4 Å². The molecule has 19 heavy (non-hydrogen) atoms. The number of likely N-dealkylation sites (tertiary alicyclic amines) is 1.